The molecule has 1 N–H and O–H groups in total. The molecule has 0 spiro atoms. The maximum atomic E-state index is 11.8. The lowest BCUT2D eigenvalue weighted by molar-refractivity contribution is -0.138. The highest BCUT2D eigenvalue weighted by Gasteiger charge is 2.14. The number of rotatable bonds is 7. The molecule has 0 saturated carbocycles. The number of anilines is 1. The molecular formula is C20H21NO5. The molecule has 6 heteroatoms. The summed E-state index contributed by atoms with van der Waals surface area (Å²) in [7, 11) is 2.47. The van der Waals surface area contributed by atoms with E-state index in [0.29, 0.717) is 18.0 Å². The van der Waals surface area contributed by atoms with E-state index in [2.05, 4.69) is 14.8 Å². The van der Waals surface area contributed by atoms with Crippen LogP contribution in [0.3, 0.4) is 0 Å². The summed E-state index contributed by atoms with van der Waals surface area (Å²) < 4.78 is 15.0. The van der Waals surface area contributed by atoms with Gasteiger partial charge in [0.15, 0.2) is 0 Å². The van der Waals surface area contributed by atoms with Gasteiger partial charge < -0.3 is 19.5 Å². The van der Waals surface area contributed by atoms with E-state index in [1.807, 2.05) is 43.3 Å². The average molecular weight is 355 g/mol. The lowest BCUT2D eigenvalue weighted by atomic mass is 10.1. The number of nitrogens with one attached hydrogen (secondary N) is 1. The number of ether oxygens (including phenoxy) is 3. The highest BCUT2D eigenvalue weighted by Crippen LogP contribution is 2.23. The van der Waals surface area contributed by atoms with E-state index in [0.717, 1.165) is 17.2 Å². The predicted molar refractivity (Wildman–Crippen MR) is 97.7 cm³/mol. The Balaban J connectivity index is 2.11. The zero-order valence-corrected chi connectivity index (χ0v) is 14.9. The summed E-state index contributed by atoms with van der Waals surface area (Å²) in [4.78, 5) is 23.2. The Bertz CT molecular complexity index is 799. The Labute approximate surface area is 152 Å². The minimum Gasteiger partial charge on any atom is -0.489 e. The van der Waals surface area contributed by atoms with E-state index in [1.165, 1.54) is 14.2 Å². The monoisotopic (exact) mass is 355 g/mol. The molecule has 0 aliphatic heterocycles. The molecule has 136 valence electrons. The van der Waals surface area contributed by atoms with Gasteiger partial charge in [0.25, 0.3) is 0 Å². The molecule has 0 unspecified atom stereocenters. The topological polar surface area (TPSA) is 73.9 Å². The van der Waals surface area contributed by atoms with Crippen molar-refractivity contribution in [1.82, 2.24) is 0 Å². The summed E-state index contributed by atoms with van der Waals surface area (Å²) in [6, 6.07) is 15.2. The predicted octanol–water partition coefficient (Wildman–Crippen LogP) is 3.22. The van der Waals surface area contributed by atoms with Gasteiger partial charge in [-0.05, 0) is 36.2 Å². The number of esters is 2. The molecule has 0 bridgehead atoms. The summed E-state index contributed by atoms with van der Waals surface area (Å²) in [6.45, 7) is 2.33. The summed E-state index contributed by atoms with van der Waals surface area (Å²) in [5.41, 5.74) is 2.55. The Kier molecular flexibility index (Phi) is 6.79. The van der Waals surface area contributed by atoms with E-state index >= 15 is 0 Å². The molecule has 2 aromatic rings. The van der Waals surface area contributed by atoms with Crippen LogP contribution in [-0.4, -0.2) is 26.2 Å². The van der Waals surface area contributed by atoms with Crippen LogP contribution in [0.4, 0.5) is 5.69 Å². The van der Waals surface area contributed by atoms with Crippen LogP contribution >= 0.6 is 0 Å². The SMILES string of the molecule is COC(=O)/C=C(/Nc1ccc(OCc2ccccc2)cc1C)C(=O)OC. The van der Waals surface area contributed by atoms with Crippen LogP contribution in [0.2, 0.25) is 0 Å². The number of carbonyl (C=O) groups is 2. The normalized spacial score (nSPS) is 10.8. The summed E-state index contributed by atoms with van der Waals surface area (Å²) in [6.07, 6.45) is 1.05. The minimum absolute atomic E-state index is 0.0135. The van der Waals surface area contributed by atoms with E-state index in [9.17, 15) is 9.59 Å². The van der Waals surface area contributed by atoms with Crippen LogP contribution in [0, 0.1) is 6.92 Å². The second-order valence-electron chi connectivity index (χ2n) is 5.45. The van der Waals surface area contributed by atoms with Crippen molar-refractivity contribution in [3.05, 3.63) is 71.4 Å². The van der Waals surface area contributed by atoms with Crippen LogP contribution < -0.4 is 10.1 Å². The fourth-order valence-electron chi connectivity index (χ4n) is 2.18. The molecule has 0 amide bonds. The van der Waals surface area contributed by atoms with Crippen LogP contribution in [0.25, 0.3) is 0 Å². The fraction of sp³-hybridized carbons (Fsp3) is 0.200. The van der Waals surface area contributed by atoms with Crippen molar-refractivity contribution in [1.29, 1.82) is 0 Å². The average Bonchev–Trinajstić information content (AvgIpc) is 2.67. The minimum atomic E-state index is -0.667. The van der Waals surface area contributed by atoms with Gasteiger partial charge in [0.1, 0.15) is 18.1 Å². The molecule has 0 fully saturated rings. The smallest absolute Gasteiger partial charge is 0.354 e. The van der Waals surface area contributed by atoms with Crippen molar-refractivity contribution in [2.75, 3.05) is 19.5 Å². The third-order valence-electron chi connectivity index (χ3n) is 3.58. The second kappa shape index (κ2) is 9.27. The van der Waals surface area contributed by atoms with E-state index in [1.54, 1.807) is 12.1 Å². The summed E-state index contributed by atoms with van der Waals surface area (Å²) in [5, 5.41) is 2.89. The zero-order chi connectivity index (χ0) is 18.9. The van der Waals surface area contributed by atoms with E-state index in [4.69, 9.17) is 4.74 Å². The van der Waals surface area contributed by atoms with Gasteiger partial charge in [0.05, 0.1) is 20.3 Å². The van der Waals surface area contributed by atoms with Crippen molar-refractivity contribution < 1.29 is 23.8 Å². The molecule has 0 aromatic heterocycles. The molecule has 0 radical (unpaired) electrons. The summed E-state index contributed by atoms with van der Waals surface area (Å²) in [5.74, 6) is -0.619. The van der Waals surface area contributed by atoms with Gasteiger partial charge in [-0.2, -0.15) is 0 Å². The molecule has 2 aromatic carbocycles. The number of carbonyl (C=O) groups excluding carboxylic acids is 2. The van der Waals surface area contributed by atoms with E-state index < -0.39 is 11.9 Å². The van der Waals surface area contributed by atoms with Crippen LogP contribution in [0.1, 0.15) is 11.1 Å². The Morgan fingerprint density at radius 2 is 1.77 bits per heavy atom. The number of hydrogen-bond acceptors (Lipinski definition) is 6. The van der Waals surface area contributed by atoms with Gasteiger partial charge >= 0.3 is 11.9 Å². The molecule has 2 rings (SSSR count). The molecule has 0 aliphatic carbocycles. The van der Waals surface area contributed by atoms with E-state index in [-0.39, 0.29) is 5.70 Å². The van der Waals surface area contributed by atoms with Crippen LogP contribution in [0.15, 0.2) is 60.3 Å². The Hall–Kier alpha value is -3.28. The molecule has 0 aliphatic rings. The molecule has 0 saturated heterocycles. The first-order valence-corrected chi connectivity index (χ1v) is 7.96. The Morgan fingerprint density at radius 3 is 2.38 bits per heavy atom. The first-order valence-electron chi connectivity index (χ1n) is 7.96. The lowest BCUT2D eigenvalue weighted by Gasteiger charge is -2.13. The van der Waals surface area contributed by atoms with Crippen molar-refractivity contribution >= 4 is 17.6 Å². The third kappa shape index (κ3) is 5.37. The highest BCUT2D eigenvalue weighted by atomic mass is 16.5. The maximum Gasteiger partial charge on any atom is 0.354 e. The molecule has 0 atom stereocenters. The zero-order valence-electron chi connectivity index (χ0n) is 14.9. The number of benzene rings is 2. The summed E-state index contributed by atoms with van der Waals surface area (Å²) >= 11 is 0. The second-order valence-corrected chi connectivity index (χ2v) is 5.45. The highest BCUT2D eigenvalue weighted by molar-refractivity contribution is 5.98. The molecular weight excluding hydrogens is 334 g/mol. The van der Waals surface area contributed by atoms with Gasteiger partial charge in [-0.3, -0.25) is 0 Å². The van der Waals surface area contributed by atoms with Crippen LogP contribution in [-0.2, 0) is 25.7 Å². The van der Waals surface area contributed by atoms with Crippen molar-refractivity contribution in [2.45, 2.75) is 13.5 Å². The lowest BCUT2D eigenvalue weighted by Crippen LogP contribution is -2.16. The molecule has 26 heavy (non-hydrogen) atoms. The van der Waals surface area contributed by atoms with Gasteiger partial charge in [-0.1, -0.05) is 30.3 Å². The molecule has 6 nitrogen and oxygen atoms in total. The number of aryl methyl sites for hydroxylation is 1. The quantitative estimate of drug-likeness (QED) is 0.607. The number of hydrogen-bond donors (Lipinski definition) is 1. The third-order valence-corrected chi connectivity index (χ3v) is 3.58. The van der Waals surface area contributed by atoms with Crippen molar-refractivity contribution in [3.8, 4) is 5.75 Å². The van der Waals surface area contributed by atoms with Crippen molar-refractivity contribution in [3.63, 3.8) is 0 Å². The largest absolute Gasteiger partial charge is 0.489 e. The van der Waals surface area contributed by atoms with Crippen molar-refractivity contribution in [2.24, 2.45) is 0 Å². The first kappa shape index (κ1) is 19.1. The molecule has 0 heterocycles. The van der Waals surface area contributed by atoms with Gasteiger partial charge in [-0.25, -0.2) is 9.59 Å². The first-order chi connectivity index (χ1) is 12.5. The standard InChI is InChI=1S/C20H21NO5/c1-14-11-16(26-13-15-7-5-4-6-8-15)9-10-17(14)21-18(20(23)25-3)12-19(22)24-2/h4-12,21H,13H2,1-3H3/b18-12+. The Morgan fingerprint density at radius 1 is 1.04 bits per heavy atom. The van der Waals surface area contributed by atoms with Gasteiger partial charge in [0.2, 0.25) is 0 Å². The number of methoxy groups -OCH3 is 2. The van der Waals surface area contributed by atoms with Crippen LogP contribution in [0.5, 0.6) is 5.75 Å². The maximum absolute atomic E-state index is 11.8. The fourth-order valence-corrected chi connectivity index (χ4v) is 2.18. The van der Waals surface area contributed by atoms with Gasteiger partial charge in [0, 0.05) is 5.69 Å². The van der Waals surface area contributed by atoms with Gasteiger partial charge in [-0.15, -0.1) is 0 Å².